The molecular formula is C14H27N3. The zero-order valence-corrected chi connectivity index (χ0v) is 11.2. The van der Waals surface area contributed by atoms with Gasteiger partial charge < -0.3 is 5.32 Å². The molecule has 0 aromatic rings. The van der Waals surface area contributed by atoms with Gasteiger partial charge in [-0.2, -0.15) is 0 Å². The summed E-state index contributed by atoms with van der Waals surface area (Å²) in [7, 11) is 0. The van der Waals surface area contributed by atoms with E-state index in [1.54, 1.807) is 0 Å². The van der Waals surface area contributed by atoms with Crippen LogP contribution in [-0.2, 0) is 0 Å². The van der Waals surface area contributed by atoms with Gasteiger partial charge in [0.05, 0.1) is 0 Å². The maximum absolute atomic E-state index is 3.68. The second-order valence-corrected chi connectivity index (χ2v) is 6.10. The fourth-order valence-electron chi connectivity index (χ4n) is 3.47. The van der Waals surface area contributed by atoms with E-state index >= 15 is 0 Å². The molecule has 3 rings (SSSR count). The van der Waals surface area contributed by atoms with E-state index in [0.29, 0.717) is 0 Å². The summed E-state index contributed by atoms with van der Waals surface area (Å²) in [6, 6.07) is 2.60. The molecule has 3 heteroatoms. The Bertz CT molecular complexity index is 252. The topological polar surface area (TPSA) is 18.5 Å². The Morgan fingerprint density at radius 2 is 1.71 bits per heavy atom. The number of rotatable bonds is 5. The van der Waals surface area contributed by atoms with E-state index in [0.717, 1.165) is 18.1 Å². The molecule has 0 spiro atoms. The van der Waals surface area contributed by atoms with E-state index in [9.17, 15) is 0 Å². The van der Waals surface area contributed by atoms with Crippen molar-refractivity contribution >= 4 is 0 Å². The van der Waals surface area contributed by atoms with Crippen molar-refractivity contribution in [3.8, 4) is 0 Å². The fraction of sp³-hybridized carbons (Fsp3) is 1.00. The van der Waals surface area contributed by atoms with Crippen LogP contribution in [0.3, 0.4) is 0 Å². The molecule has 1 aliphatic carbocycles. The van der Waals surface area contributed by atoms with Crippen LogP contribution in [0.1, 0.15) is 39.0 Å². The third-order valence-corrected chi connectivity index (χ3v) is 4.68. The second kappa shape index (κ2) is 5.25. The Morgan fingerprint density at radius 3 is 2.47 bits per heavy atom. The van der Waals surface area contributed by atoms with Crippen molar-refractivity contribution in [3.05, 3.63) is 0 Å². The van der Waals surface area contributed by atoms with E-state index in [4.69, 9.17) is 0 Å². The van der Waals surface area contributed by atoms with Crippen LogP contribution in [0.15, 0.2) is 0 Å². The lowest BCUT2D eigenvalue weighted by molar-refractivity contribution is 0.224. The maximum Gasteiger partial charge on any atom is 0.0236 e. The quantitative estimate of drug-likeness (QED) is 0.777. The summed E-state index contributed by atoms with van der Waals surface area (Å²) in [5.74, 6) is 0. The summed E-state index contributed by atoms with van der Waals surface area (Å²) in [4.78, 5) is 5.48. The average molecular weight is 237 g/mol. The minimum absolute atomic E-state index is 0.768. The Balaban J connectivity index is 1.43. The normalized spacial score (nSPS) is 35.8. The first kappa shape index (κ1) is 11.9. The lowest BCUT2D eigenvalue weighted by Gasteiger charge is -2.24. The van der Waals surface area contributed by atoms with Crippen LogP contribution in [0.25, 0.3) is 0 Å². The molecule has 0 aromatic heterocycles. The lowest BCUT2D eigenvalue weighted by atomic mass is 10.2. The van der Waals surface area contributed by atoms with Gasteiger partial charge >= 0.3 is 0 Å². The van der Waals surface area contributed by atoms with Gasteiger partial charge in [-0.1, -0.05) is 6.92 Å². The predicted octanol–water partition coefficient (Wildman–Crippen LogP) is 1.30. The third-order valence-electron chi connectivity index (χ3n) is 4.68. The van der Waals surface area contributed by atoms with E-state index in [1.165, 1.54) is 64.8 Å². The summed E-state index contributed by atoms with van der Waals surface area (Å²) >= 11 is 0. The van der Waals surface area contributed by atoms with Crippen molar-refractivity contribution < 1.29 is 0 Å². The first-order chi connectivity index (χ1) is 8.36. The number of nitrogens with zero attached hydrogens (tertiary/aromatic N) is 2. The van der Waals surface area contributed by atoms with Gasteiger partial charge in [-0.3, -0.25) is 9.80 Å². The molecule has 0 amide bonds. The van der Waals surface area contributed by atoms with Crippen LogP contribution >= 0.6 is 0 Å². The Labute approximate surface area is 106 Å². The van der Waals surface area contributed by atoms with Crippen molar-refractivity contribution in [2.24, 2.45) is 0 Å². The van der Waals surface area contributed by atoms with Gasteiger partial charge in [0.2, 0.25) is 0 Å². The smallest absolute Gasteiger partial charge is 0.0236 e. The van der Waals surface area contributed by atoms with Crippen LogP contribution < -0.4 is 5.32 Å². The van der Waals surface area contributed by atoms with Crippen LogP contribution in [0.5, 0.6) is 0 Å². The van der Waals surface area contributed by atoms with Gasteiger partial charge in [0.1, 0.15) is 0 Å². The van der Waals surface area contributed by atoms with Crippen molar-refractivity contribution in [2.45, 2.75) is 57.2 Å². The molecule has 2 saturated heterocycles. The molecule has 0 bridgehead atoms. The highest BCUT2D eigenvalue weighted by atomic mass is 15.3. The molecule has 3 nitrogen and oxygen atoms in total. The van der Waals surface area contributed by atoms with Crippen molar-refractivity contribution in [1.29, 1.82) is 0 Å². The van der Waals surface area contributed by atoms with Gasteiger partial charge in [0.25, 0.3) is 0 Å². The molecule has 1 saturated carbocycles. The molecule has 2 atom stereocenters. The summed E-state index contributed by atoms with van der Waals surface area (Å²) in [6.45, 7) is 8.78. The minimum Gasteiger partial charge on any atom is -0.313 e. The van der Waals surface area contributed by atoms with E-state index in [2.05, 4.69) is 22.0 Å². The highest BCUT2D eigenvalue weighted by Crippen LogP contribution is 2.31. The second-order valence-electron chi connectivity index (χ2n) is 6.10. The largest absolute Gasteiger partial charge is 0.313 e. The molecule has 17 heavy (non-hydrogen) atoms. The highest BCUT2D eigenvalue weighted by molar-refractivity contribution is 4.95. The van der Waals surface area contributed by atoms with Crippen LogP contribution in [-0.4, -0.2) is 60.6 Å². The van der Waals surface area contributed by atoms with Gasteiger partial charge in [0, 0.05) is 44.3 Å². The molecule has 2 aliphatic heterocycles. The number of hydrogen-bond donors (Lipinski definition) is 1. The first-order valence-electron chi connectivity index (χ1n) is 7.58. The standard InChI is InChI=1S/C14H27N3/c1-2-7-15-12-5-8-16(10-12)14-6-9-17(11-14)13-3-4-13/h12-15H,2-11H2,1H3. The number of hydrogen-bond acceptors (Lipinski definition) is 3. The summed E-state index contributed by atoms with van der Waals surface area (Å²) in [5.41, 5.74) is 0. The zero-order valence-electron chi connectivity index (χ0n) is 11.2. The molecule has 0 radical (unpaired) electrons. The van der Waals surface area contributed by atoms with Gasteiger partial charge in [0.15, 0.2) is 0 Å². The molecule has 0 aromatic carbocycles. The molecule has 3 aliphatic rings. The van der Waals surface area contributed by atoms with Gasteiger partial charge in [-0.05, 0) is 38.6 Å². The number of likely N-dealkylation sites (tertiary alicyclic amines) is 2. The molecule has 98 valence electrons. The lowest BCUT2D eigenvalue weighted by Crippen LogP contribution is -2.39. The Hall–Kier alpha value is -0.120. The minimum atomic E-state index is 0.768. The van der Waals surface area contributed by atoms with Gasteiger partial charge in [-0.15, -0.1) is 0 Å². The average Bonchev–Trinajstić information content (AvgIpc) is 2.92. The molecule has 2 heterocycles. The maximum atomic E-state index is 3.68. The summed E-state index contributed by atoms with van der Waals surface area (Å²) < 4.78 is 0. The van der Waals surface area contributed by atoms with E-state index in [-0.39, 0.29) is 0 Å². The van der Waals surface area contributed by atoms with Gasteiger partial charge in [-0.25, -0.2) is 0 Å². The molecule has 2 unspecified atom stereocenters. The number of nitrogens with one attached hydrogen (secondary N) is 1. The van der Waals surface area contributed by atoms with Crippen molar-refractivity contribution in [2.75, 3.05) is 32.7 Å². The zero-order chi connectivity index (χ0) is 11.7. The predicted molar refractivity (Wildman–Crippen MR) is 71.3 cm³/mol. The monoisotopic (exact) mass is 237 g/mol. The highest BCUT2D eigenvalue weighted by Gasteiger charge is 2.38. The van der Waals surface area contributed by atoms with Crippen LogP contribution in [0.4, 0.5) is 0 Å². The van der Waals surface area contributed by atoms with E-state index in [1.807, 2.05) is 0 Å². The van der Waals surface area contributed by atoms with Crippen LogP contribution in [0, 0.1) is 0 Å². The van der Waals surface area contributed by atoms with Crippen LogP contribution in [0.2, 0.25) is 0 Å². The molecule has 3 fully saturated rings. The molecular weight excluding hydrogens is 210 g/mol. The third kappa shape index (κ3) is 2.83. The Kier molecular flexibility index (Phi) is 3.69. The van der Waals surface area contributed by atoms with Crippen molar-refractivity contribution in [3.63, 3.8) is 0 Å². The fourth-order valence-corrected chi connectivity index (χ4v) is 3.47. The Morgan fingerprint density at radius 1 is 0.941 bits per heavy atom. The first-order valence-corrected chi connectivity index (χ1v) is 7.58. The molecule has 1 N–H and O–H groups in total. The van der Waals surface area contributed by atoms with E-state index < -0.39 is 0 Å². The summed E-state index contributed by atoms with van der Waals surface area (Å²) in [5, 5.41) is 3.68. The van der Waals surface area contributed by atoms with Crippen molar-refractivity contribution in [1.82, 2.24) is 15.1 Å². The SMILES string of the molecule is CCCNC1CCN(C2CCN(C3CC3)C2)C1. The summed E-state index contributed by atoms with van der Waals surface area (Å²) in [6.07, 6.45) is 6.97.